The van der Waals surface area contributed by atoms with E-state index in [1.54, 1.807) is 12.1 Å². The van der Waals surface area contributed by atoms with Gasteiger partial charge in [-0.1, -0.05) is 24.3 Å². The van der Waals surface area contributed by atoms with Crippen LogP contribution in [0.15, 0.2) is 42.5 Å². The number of phenolic OH excluding ortho intramolecular Hbond substituents is 1. The highest BCUT2D eigenvalue weighted by atomic mass is 16.5. The molecule has 0 spiro atoms. The Morgan fingerprint density at radius 2 is 2.00 bits per heavy atom. The predicted octanol–water partition coefficient (Wildman–Crippen LogP) is 3.42. The SMILES string of the molecule is CC(=O)c1ccc(OCCCN2CCc3ccccc3C2)cc1O. The molecule has 0 bridgehead atoms. The first-order valence-corrected chi connectivity index (χ1v) is 8.39. The van der Waals surface area contributed by atoms with Crippen molar-refractivity contribution in [2.45, 2.75) is 26.3 Å². The molecule has 0 atom stereocenters. The van der Waals surface area contributed by atoms with E-state index in [4.69, 9.17) is 4.74 Å². The summed E-state index contributed by atoms with van der Waals surface area (Å²) in [5.74, 6) is 0.429. The van der Waals surface area contributed by atoms with Gasteiger partial charge in [-0.2, -0.15) is 0 Å². The van der Waals surface area contributed by atoms with E-state index in [0.717, 1.165) is 32.5 Å². The Morgan fingerprint density at radius 1 is 1.21 bits per heavy atom. The maximum atomic E-state index is 11.3. The molecule has 2 aromatic carbocycles. The summed E-state index contributed by atoms with van der Waals surface area (Å²) >= 11 is 0. The molecule has 0 aliphatic carbocycles. The number of Topliss-reactive ketones (excluding diaryl/α,β-unsaturated/α-hetero) is 1. The Labute approximate surface area is 142 Å². The molecule has 1 N–H and O–H groups in total. The number of hydrogen-bond acceptors (Lipinski definition) is 4. The normalized spacial score (nSPS) is 14.2. The molecule has 1 aliphatic heterocycles. The maximum absolute atomic E-state index is 11.3. The Kier molecular flexibility index (Phi) is 5.16. The van der Waals surface area contributed by atoms with Crippen molar-refractivity contribution < 1.29 is 14.6 Å². The summed E-state index contributed by atoms with van der Waals surface area (Å²) in [7, 11) is 0. The third-order valence-corrected chi connectivity index (χ3v) is 4.45. The van der Waals surface area contributed by atoms with Crippen LogP contribution in [0.3, 0.4) is 0 Å². The number of ketones is 1. The van der Waals surface area contributed by atoms with E-state index >= 15 is 0 Å². The smallest absolute Gasteiger partial charge is 0.163 e. The molecule has 0 unspecified atom stereocenters. The summed E-state index contributed by atoms with van der Waals surface area (Å²) in [6.45, 7) is 5.12. The van der Waals surface area contributed by atoms with Gasteiger partial charge in [0.05, 0.1) is 12.2 Å². The number of rotatable bonds is 6. The third kappa shape index (κ3) is 3.95. The van der Waals surface area contributed by atoms with Crippen LogP contribution in [0.4, 0.5) is 0 Å². The van der Waals surface area contributed by atoms with E-state index < -0.39 is 0 Å². The molecule has 1 aliphatic rings. The molecule has 0 aromatic heterocycles. The van der Waals surface area contributed by atoms with Crippen LogP contribution < -0.4 is 4.74 Å². The zero-order valence-electron chi connectivity index (χ0n) is 14.0. The summed E-state index contributed by atoms with van der Waals surface area (Å²) in [6.07, 6.45) is 2.04. The van der Waals surface area contributed by atoms with Gasteiger partial charge in [-0.05, 0) is 43.0 Å². The second kappa shape index (κ2) is 7.49. The second-order valence-electron chi connectivity index (χ2n) is 6.23. The number of carbonyl (C=O) groups is 1. The molecule has 4 nitrogen and oxygen atoms in total. The molecule has 126 valence electrons. The quantitative estimate of drug-likeness (QED) is 0.653. The number of hydrogen-bond donors (Lipinski definition) is 1. The highest BCUT2D eigenvalue weighted by molar-refractivity contribution is 5.96. The average Bonchev–Trinajstić information content (AvgIpc) is 2.58. The molecule has 0 amide bonds. The van der Waals surface area contributed by atoms with Crippen molar-refractivity contribution in [1.82, 2.24) is 4.90 Å². The zero-order chi connectivity index (χ0) is 16.9. The van der Waals surface area contributed by atoms with Crippen molar-refractivity contribution in [3.8, 4) is 11.5 Å². The van der Waals surface area contributed by atoms with Gasteiger partial charge in [0.1, 0.15) is 11.5 Å². The first kappa shape index (κ1) is 16.5. The Balaban J connectivity index is 1.45. The molecule has 0 saturated heterocycles. The lowest BCUT2D eigenvalue weighted by Crippen LogP contribution is -2.31. The fourth-order valence-electron chi connectivity index (χ4n) is 3.12. The first-order valence-electron chi connectivity index (χ1n) is 8.39. The van der Waals surface area contributed by atoms with Crippen LogP contribution in [0.1, 0.15) is 34.8 Å². The minimum absolute atomic E-state index is 0.0207. The Bertz CT molecular complexity index is 727. The molecule has 0 radical (unpaired) electrons. The van der Waals surface area contributed by atoms with E-state index in [1.165, 1.54) is 24.1 Å². The number of carbonyl (C=O) groups excluding carboxylic acids is 1. The summed E-state index contributed by atoms with van der Waals surface area (Å²) in [5, 5.41) is 9.81. The number of nitrogens with zero attached hydrogens (tertiary/aromatic N) is 1. The monoisotopic (exact) mass is 325 g/mol. The number of ether oxygens (including phenoxy) is 1. The lowest BCUT2D eigenvalue weighted by Gasteiger charge is -2.28. The standard InChI is InChI=1S/C20H23NO3/c1-15(22)19-8-7-18(13-20(19)23)24-12-4-10-21-11-9-16-5-2-3-6-17(16)14-21/h2-3,5-8,13,23H,4,9-12,14H2,1H3. The van der Waals surface area contributed by atoms with Gasteiger partial charge in [-0.3, -0.25) is 9.69 Å². The van der Waals surface area contributed by atoms with Crippen LogP contribution >= 0.6 is 0 Å². The highest BCUT2D eigenvalue weighted by Gasteiger charge is 2.15. The highest BCUT2D eigenvalue weighted by Crippen LogP contribution is 2.24. The van der Waals surface area contributed by atoms with Crippen LogP contribution in [0.2, 0.25) is 0 Å². The van der Waals surface area contributed by atoms with Gasteiger partial charge < -0.3 is 9.84 Å². The van der Waals surface area contributed by atoms with Crippen molar-refractivity contribution in [3.05, 3.63) is 59.2 Å². The topological polar surface area (TPSA) is 49.8 Å². The molecule has 2 aromatic rings. The van der Waals surface area contributed by atoms with E-state index in [0.29, 0.717) is 17.9 Å². The van der Waals surface area contributed by atoms with Gasteiger partial charge in [0.2, 0.25) is 0 Å². The summed E-state index contributed by atoms with van der Waals surface area (Å²) in [5.41, 5.74) is 3.22. The summed E-state index contributed by atoms with van der Waals surface area (Å²) in [6, 6.07) is 13.5. The number of aromatic hydroxyl groups is 1. The maximum Gasteiger partial charge on any atom is 0.163 e. The van der Waals surface area contributed by atoms with Gasteiger partial charge in [0.25, 0.3) is 0 Å². The predicted molar refractivity (Wildman–Crippen MR) is 93.6 cm³/mol. The van der Waals surface area contributed by atoms with Gasteiger partial charge in [0, 0.05) is 25.7 Å². The number of fused-ring (bicyclic) bond motifs is 1. The van der Waals surface area contributed by atoms with Gasteiger partial charge in [0.15, 0.2) is 5.78 Å². The van der Waals surface area contributed by atoms with E-state index in [-0.39, 0.29) is 11.5 Å². The summed E-state index contributed by atoms with van der Waals surface area (Å²) < 4.78 is 5.68. The van der Waals surface area contributed by atoms with Crippen LogP contribution in [-0.4, -0.2) is 35.5 Å². The molecule has 1 heterocycles. The van der Waals surface area contributed by atoms with E-state index in [2.05, 4.69) is 29.2 Å². The fraction of sp³-hybridized carbons (Fsp3) is 0.350. The van der Waals surface area contributed by atoms with Crippen molar-refractivity contribution in [1.29, 1.82) is 0 Å². The van der Waals surface area contributed by atoms with Gasteiger partial charge in [-0.25, -0.2) is 0 Å². The van der Waals surface area contributed by atoms with Crippen LogP contribution in [0, 0.1) is 0 Å². The van der Waals surface area contributed by atoms with E-state index in [1.807, 2.05) is 0 Å². The lowest BCUT2D eigenvalue weighted by molar-refractivity contribution is 0.101. The van der Waals surface area contributed by atoms with Crippen molar-refractivity contribution in [2.75, 3.05) is 19.7 Å². The van der Waals surface area contributed by atoms with Gasteiger partial charge in [-0.15, -0.1) is 0 Å². The molecule has 0 fully saturated rings. The average molecular weight is 325 g/mol. The van der Waals surface area contributed by atoms with Crippen molar-refractivity contribution in [2.24, 2.45) is 0 Å². The molecule has 3 rings (SSSR count). The minimum Gasteiger partial charge on any atom is -0.507 e. The van der Waals surface area contributed by atoms with E-state index in [9.17, 15) is 9.90 Å². The zero-order valence-corrected chi connectivity index (χ0v) is 14.0. The van der Waals surface area contributed by atoms with Crippen LogP contribution in [0.5, 0.6) is 11.5 Å². The number of benzene rings is 2. The van der Waals surface area contributed by atoms with Crippen molar-refractivity contribution in [3.63, 3.8) is 0 Å². The largest absolute Gasteiger partial charge is 0.507 e. The van der Waals surface area contributed by atoms with Crippen LogP contribution in [-0.2, 0) is 13.0 Å². The molecular weight excluding hydrogens is 302 g/mol. The molecule has 0 saturated carbocycles. The summed E-state index contributed by atoms with van der Waals surface area (Å²) in [4.78, 5) is 13.7. The minimum atomic E-state index is -0.149. The van der Waals surface area contributed by atoms with Crippen LogP contribution in [0.25, 0.3) is 0 Å². The first-order chi connectivity index (χ1) is 11.6. The molecule has 24 heavy (non-hydrogen) atoms. The third-order valence-electron chi connectivity index (χ3n) is 4.45. The lowest BCUT2D eigenvalue weighted by atomic mass is 10.00. The molecular formula is C20H23NO3. The Hall–Kier alpha value is -2.33. The van der Waals surface area contributed by atoms with Crippen molar-refractivity contribution >= 4 is 5.78 Å². The Morgan fingerprint density at radius 3 is 2.75 bits per heavy atom. The number of phenols is 1. The van der Waals surface area contributed by atoms with Gasteiger partial charge >= 0.3 is 0 Å². The molecule has 4 heteroatoms. The fourth-order valence-corrected chi connectivity index (χ4v) is 3.12. The second-order valence-corrected chi connectivity index (χ2v) is 6.23.